The number of hydrogen-bond donors (Lipinski definition) is 1. The summed E-state index contributed by atoms with van der Waals surface area (Å²) in [5.41, 5.74) is 3.15. The highest BCUT2D eigenvalue weighted by Gasteiger charge is 2.15. The van der Waals surface area contributed by atoms with E-state index in [0.29, 0.717) is 0 Å². The molecular formula is C16H23N3O2. The monoisotopic (exact) mass is 289 g/mol. The fraction of sp³-hybridized carbons (Fsp3) is 0.500. The molecule has 5 nitrogen and oxygen atoms in total. The fourth-order valence-corrected chi connectivity index (χ4v) is 2.30. The summed E-state index contributed by atoms with van der Waals surface area (Å²) in [6.07, 6.45) is 2.66. The van der Waals surface area contributed by atoms with Crippen molar-refractivity contribution in [3.8, 4) is 6.07 Å². The molecule has 21 heavy (non-hydrogen) atoms. The van der Waals surface area contributed by atoms with Crippen LogP contribution < -0.4 is 0 Å². The van der Waals surface area contributed by atoms with Gasteiger partial charge in [0.05, 0.1) is 6.61 Å². The Kier molecular flexibility index (Phi) is 6.19. The molecule has 0 unspecified atom stereocenters. The van der Waals surface area contributed by atoms with Crippen LogP contribution in [0.2, 0.25) is 0 Å². The van der Waals surface area contributed by atoms with Gasteiger partial charge in [-0.15, -0.1) is 0 Å². The highest BCUT2D eigenvalue weighted by molar-refractivity contribution is 6.01. The summed E-state index contributed by atoms with van der Waals surface area (Å²) in [7, 11) is 1.57. The molecule has 0 aliphatic rings. The summed E-state index contributed by atoms with van der Waals surface area (Å²) in [6.45, 7) is 7.14. The number of likely N-dealkylation sites (N-methyl/N-ethyl adjacent to an activating group) is 1. The summed E-state index contributed by atoms with van der Waals surface area (Å²) in [6, 6.07) is 3.94. The van der Waals surface area contributed by atoms with Crippen molar-refractivity contribution < 1.29 is 9.90 Å². The van der Waals surface area contributed by atoms with E-state index in [0.717, 1.165) is 29.9 Å². The second kappa shape index (κ2) is 7.65. The number of aliphatic hydroxyl groups excluding tert-OH is 1. The quantitative estimate of drug-likeness (QED) is 0.642. The van der Waals surface area contributed by atoms with Crippen LogP contribution in [0.5, 0.6) is 0 Å². The van der Waals surface area contributed by atoms with E-state index in [4.69, 9.17) is 5.11 Å². The summed E-state index contributed by atoms with van der Waals surface area (Å²) in [4.78, 5) is 13.5. The van der Waals surface area contributed by atoms with Crippen molar-refractivity contribution in [1.29, 1.82) is 5.26 Å². The number of nitrogens with zero attached hydrogens (tertiary/aromatic N) is 3. The summed E-state index contributed by atoms with van der Waals surface area (Å²) >= 11 is 0. The first-order chi connectivity index (χ1) is 9.96. The van der Waals surface area contributed by atoms with Crippen molar-refractivity contribution in [2.75, 3.05) is 20.2 Å². The first-order valence-electron chi connectivity index (χ1n) is 7.11. The second-order valence-electron chi connectivity index (χ2n) is 5.10. The van der Waals surface area contributed by atoms with Gasteiger partial charge in [0.2, 0.25) is 0 Å². The minimum Gasteiger partial charge on any atom is -0.395 e. The van der Waals surface area contributed by atoms with Gasteiger partial charge in [-0.1, -0.05) is 6.92 Å². The van der Waals surface area contributed by atoms with E-state index in [2.05, 4.69) is 11.5 Å². The Labute approximate surface area is 126 Å². The van der Waals surface area contributed by atoms with Crippen molar-refractivity contribution in [3.63, 3.8) is 0 Å². The molecule has 0 aromatic carbocycles. The lowest BCUT2D eigenvalue weighted by Gasteiger charge is -2.14. The number of carbonyl (C=O) groups excluding carboxylic acids is 1. The summed E-state index contributed by atoms with van der Waals surface area (Å²) in [5.74, 6) is -0.369. The molecule has 1 rings (SSSR count). The molecule has 0 aliphatic heterocycles. The van der Waals surface area contributed by atoms with Crippen LogP contribution in [0.1, 0.15) is 30.3 Å². The predicted molar refractivity (Wildman–Crippen MR) is 82.5 cm³/mol. The number of aromatic nitrogens is 1. The van der Waals surface area contributed by atoms with Gasteiger partial charge in [-0.05, 0) is 38.0 Å². The van der Waals surface area contributed by atoms with Crippen molar-refractivity contribution in [1.82, 2.24) is 9.47 Å². The highest BCUT2D eigenvalue weighted by Crippen LogP contribution is 2.19. The van der Waals surface area contributed by atoms with Gasteiger partial charge in [-0.2, -0.15) is 5.26 Å². The third-order valence-electron chi connectivity index (χ3n) is 3.49. The molecule has 0 saturated heterocycles. The molecule has 1 aromatic heterocycles. The van der Waals surface area contributed by atoms with Crippen molar-refractivity contribution in [2.45, 2.75) is 33.7 Å². The Morgan fingerprint density at radius 3 is 2.71 bits per heavy atom. The van der Waals surface area contributed by atoms with Crippen LogP contribution >= 0.6 is 0 Å². The molecule has 0 saturated carbocycles. The van der Waals surface area contributed by atoms with Crippen molar-refractivity contribution in [3.05, 3.63) is 28.6 Å². The maximum Gasteiger partial charge on any atom is 0.264 e. The molecule has 114 valence electrons. The Morgan fingerprint density at radius 1 is 1.52 bits per heavy atom. The Morgan fingerprint density at radius 2 is 2.19 bits per heavy atom. The lowest BCUT2D eigenvalue weighted by Crippen LogP contribution is -2.30. The molecule has 0 spiro atoms. The summed E-state index contributed by atoms with van der Waals surface area (Å²) in [5, 5.41) is 18.1. The van der Waals surface area contributed by atoms with Gasteiger partial charge in [0.1, 0.15) is 11.6 Å². The number of aliphatic hydroxyl groups is 1. The zero-order valence-electron chi connectivity index (χ0n) is 13.2. The first-order valence-corrected chi connectivity index (χ1v) is 7.11. The zero-order valence-corrected chi connectivity index (χ0v) is 13.2. The maximum absolute atomic E-state index is 12.1. The largest absolute Gasteiger partial charge is 0.395 e. The number of aryl methyl sites for hydroxylation is 1. The summed E-state index contributed by atoms with van der Waals surface area (Å²) < 4.78 is 2.18. The Hall–Kier alpha value is -2.06. The smallest absolute Gasteiger partial charge is 0.264 e. The number of hydrogen-bond acceptors (Lipinski definition) is 3. The lowest BCUT2D eigenvalue weighted by molar-refractivity contribution is -0.125. The van der Waals surface area contributed by atoms with E-state index in [-0.39, 0.29) is 24.6 Å². The second-order valence-corrected chi connectivity index (χ2v) is 5.10. The van der Waals surface area contributed by atoms with E-state index in [1.165, 1.54) is 4.90 Å². The van der Waals surface area contributed by atoms with E-state index in [1.54, 1.807) is 13.1 Å². The van der Waals surface area contributed by atoms with Crippen LogP contribution in [0, 0.1) is 25.2 Å². The van der Waals surface area contributed by atoms with E-state index >= 15 is 0 Å². The molecule has 0 atom stereocenters. The molecule has 5 heteroatoms. The third-order valence-corrected chi connectivity index (χ3v) is 3.49. The van der Waals surface area contributed by atoms with Gasteiger partial charge in [0, 0.05) is 31.5 Å². The molecular weight excluding hydrogens is 266 g/mol. The Balaban J connectivity index is 3.13. The van der Waals surface area contributed by atoms with Crippen LogP contribution in [-0.4, -0.2) is 40.7 Å². The van der Waals surface area contributed by atoms with Crippen LogP contribution in [0.15, 0.2) is 11.6 Å². The van der Waals surface area contributed by atoms with Crippen LogP contribution in [0.4, 0.5) is 0 Å². The van der Waals surface area contributed by atoms with Crippen molar-refractivity contribution in [2.24, 2.45) is 0 Å². The molecule has 1 heterocycles. The van der Waals surface area contributed by atoms with Crippen LogP contribution in [0.3, 0.4) is 0 Å². The van der Waals surface area contributed by atoms with Gasteiger partial charge >= 0.3 is 0 Å². The Bertz CT molecular complexity index is 579. The van der Waals surface area contributed by atoms with Gasteiger partial charge in [-0.25, -0.2) is 0 Å². The molecule has 0 fully saturated rings. The van der Waals surface area contributed by atoms with Gasteiger partial charge in [0.15, 0.2) is 0 Å². The van der Waals surface area contributed by atoms with Crippen molar-refractivity contribution >= 4 is 12.0 Å². The number of nitriles is 1. The highest BCUT2D eigenvalue weighted by atomic mass is 16.3. The molecule has 0 radical (unpaired) electrons. The molecule has 1 aromatic rings. The van der Waals surface area contributed by atoms with Gasteiger partial charge in [-0.3, -0.25) is 4.79 Å². The minimum absolute atomic E-state index is 0.0858. The standard InChI is InChI=1S/C16H23N3O2/c1-5-6-19-12(2)9-14(13(19)3)10-15(11-17)16(21)18(4)7-8-20/h9-10,20H,5-8H2,1-4H3/b15-10-. The average Bonchev–Trinajstić information content (AvgIpc) is 2.72. The maximum atomic E-state index is 12.1. The fourth-order valence-electron chi connectivity index (χ4n) is 2.30. The molecule has 0 bridgehead atoms. The van der Waals surface area contributed by atoms with Crippen LogP contribution in [0.25, 0.3) is 6.08 Å². The number of carbonyl (C=O) groups is 1. The van der Waals surface area contributed by atoms with E-state index in [9.17, 15) is 10.1 Å². The first kappa shape index (κ1) is 17.0. The molecule has 1 N–H and O–H groups in total. The third kappa shape index (κ3) is 3.96. The number of amides is 1. The van der Waals surface area contributed by atoms with Crippen LogP contribution in [-0.2, 0) is 11.3 Å². The molecule has 0 aliphatic carbocycles. The zero-order chi connectivity index (χ0) is 16.0. The molecule has 1 amide bonds. The van der Waals surface area contributed by atoms with E-state index in [1.807, 2.05) is 26.0 Å². The lowest BCUT2D eigenvalue weighted by atomic mass is 10.1. The topological polar surface area (TPSA) is 69.3 Å². The normalized spacial score (nSPS) is 11.3. The predicted octanol–water partition coefficient (Wildman–Crippen LogP) is 1.87. The number of rotatable bonds is 6. The van der Waals surface area contributed by atoms with E-state index < -0.39 is 0 Å². The van der Waals surface area contributed by atoms with Gasteiger partial charge < -0.3 is 14.6 Å². The SMILES string of the molecule is CCCn1c(C)cc(/C=C(/C#N)C(=O)N(C)CCO)c1C. The van der Waals surface area contributed by atoms with Gasteiger partial charge in [0.25, 0.3) is 5.91 Å². The minimum atomic E-state index is -0.369. The average molecular weight is 289 g/mol.